The Labute approximate surface area is 127 Å². The van der Waals surface area contributed by atoms with Crippen LogP contribution >= 0.6 is 0 Å². The lowest BCUT2D eigenvalue weighted by atomic mass is 9.72. The predicted octanol–water partition coefficient (Wildman–Crippen LogP) is 3.34. The number of aryl methyl sites for hydroxylation is 1. The standard InChI is InChI=1S/C17H27N3O/c1-8-20-14(11(2)3)13-15(21)12(10-19(6)7)9-17(4,5)16(13)18-20/h10-11H,8-9H2,1-7H3/b12-10-. The van der Waals surface area contributed by atoms with E-state index < -0.39 is 0 Å². The fraction of sp³-hybridized carbons (Fsp3) is 0.647. The molecule has 0 aliphatic heterocycles. The summed E-state index contributed by atoms with van der Waals surface area (Å²) in [5, 5.41) is 4.76. The lowest BCUT2D eigenvalue weighted by Crippen LogP contribution is -2.30. The van der Waals surface area contributed by atoms with Crippen molar-refractivity contribution < 1.29 is 4.79 Å². The number of fused-ring (bicyclic) bond motifs is 1. The molecule has 0 atom stereocenters. The Morgan fingerprint density at radius 2 is 2.00 bits per heavy atom. The lowest BCUT2D eigenvalue weighted by molar-refractivity contribution is 0.101. The molecule has 0 unspecified atom stereocenters. The van der Waals surface area contributed by atoms with Crippen LogP contribution in [0.2, 0.25) is 0 Å². The van der Waals surface area contributed by atoms with E-state index in [9.17, 15) is 4.79 Å². The zero-order chi connectivity index (χ0) is 15.9. The molecule has 0 spiro atoms. The molecule has 0 radical (unpaired) electrons. The minimum atomic E-state index is -0.102. The van der Waals surface area contributed by atoms with E-state index in [0.29, 0.717) is 5.92 Å². The van der Waals surface area contributed by atoms with Crippen LogP contribution in [0.3, 0.4) is 0 Å². The largest absolute Gasteiger partial charge is 0.383 e. The SMILES string of the molecule is CCn1nc2c(c1C(C)C)C(=O)/C(=C\N(C)C)CC2(C)C. The molecule has 1 aromatic heterocycles. The van der Waals surface area contributed by atoms with Crippen molar-refractivity contribution in [3.63, 3.8) is 0 Å². The Bertz CT molecular complexity index is 591. The van der Waals surface area contributed by atoms with Crippen LogP contribution in [0.1, 0.15) is 68.7 Å². The molecule has 4 nitrogen and oxygen atoms in total. The Kier molecular flexibility index (Phi) is 4.00. The zero-order valence-corrected chi connectivity index (χ0v) is 14.3. The number of carbonyl (C=O) groups excluding carboxylic acids is 1. The first-order valence-electron chi connectivity index (χ1n) is 7.72. The molecule has 1 aromatic rings. The number of nitrogens with zero attached hydrogens (tertiary/aromatic N) is 3. The molecular formula is C17H27N3O. The molecule has 21 heavy (non-hydrogen) atoms. The number of hydrogen-bond acceptors (Lipinski definition) is 3. The second-order valence-electron chi connectivity index (χ2n) is 7.09. The summed E-state index contributed by atoms with van der Waals surface area (Å²) in [7, 11) is 3.92. The third kappa shape index (κ3) is 2.63. The molecule has 0 aromatic carbocycles. The van der Waals surface area contributed by atoms with Crippen LogP contribution in [0.5, 0.6) is 0 Å². The molecule has 0 fully saturated rings. The van der Waals surface area contributed by atoms with Crippen molar-refractivity contribution in [2.45, 2.75) is 58.9 Å². The number of carbonyl (C=O) groups is 1. The Hall–Kier alpha value is -1.58. The molecule has 0 amide bonds. The van der Waals surface area contributed by atoms with Gasteiger partial charge in [0.1, 0.15) is 0 Å². The summed E-state index contributed by atoms with van der Waals surface area (Å²) in [5.41, 5.74) is 3.67. The zero-order valence-electron chi connectivity index (χ0n) is 14.3. The number of ketones is 1. The molecular weight excluding hydrogens is 262 g/mol. The van der Waals surface area contributed by atoms with E-state index in [4.69, 9.17) is 5.10 Å². The smallest absolute Gasteiger partial charge is 0.194 e. The van der Waals surface area contributed by atoms with Gasteiger partial charge in [-0.15, -0.1) is 0 Å². The first-order chi connectivity index (χ1) is 9.69. The maximum atomic E-state index is 12.9. The highest BCUT2D eigenvalue weighted by Gasteiger charge is 2.40. The Balaban J connectivity index is 2.71. The van der Waals surface area contributed by atoms with Crippen molar-refractivity contribution >= 4 is 5.78 Å². The molecule has 1 aliphatic rings. The summed E-state index contributed by atoms with van der Waals surface area (Å²) in [6.07, 6.45) is 2.70. The van der Waals surface area contributed by atoms with Gasteiger partial charge in [-0.2, -0.15) is 5.10 Å². The average molecular weight is 289 g/mol. The number of allylic oxidation sites excluding steroid dienone is 1. The lowest BCUT2D eigenvalue weighted by Gasteiger charge is -2.30. The van der Waals surface area contributed by atoms with Crippen LogP contribution in [-0.4, -0.2) is 34.6 Å². The van der Waals surface area contributed by atoms with Crippen LogP contribution in [0.25, 0.3) is 0 Å². The van der Waals surface area contributed by atoms with Gasteiger partial charge in [0.2, 0.25) is 0 Å². The summed E-state index contributed by atoms with van der Waals surface area (Å²) in [6.45, 7) is 11.5. The summed E-state index contributed by atoms with van der Waals surface area (Å²) < 4.78 is 2.01. The number of aromatic nitrogens is 2. The molecule has 0 N–H and O–H groups in total. The predicted molar refractivity (Wildman–Crippen MR) is 85.7 cm³/mol. The molecule has 4 heteroatoms. The van der Waals surface area contributed by atoms with E-state index >= 15 is 0 Å². The summed E-state index contributed by atoms with van der Waals surface area (Å²) in [4.78, 5) is 14.9. The number of hydrogen-bond donors (Lipinski definition) is 0. The van der Waals surface area contributed by atoms with Crippen molar-refractivity contribution in [3.05, 3.63) is 28.7 Å². The molecule has 1 aliphatic carbocycles. The molecule has 1 heterocycles. The van der Waals surface area contributed by atoms with Crippen LogP contribution in [0.15, 0.2) is 11.8 Å². The normalized spacial score (nSPS) is 19.2. The van der Waals surface area contributed by atoms with Gasteiger partial charge in [0.15, 0.2) is 5.78 Å². The van der Waals surface area contributed by atoms with Gasteiger partial charge in [-0.1, -0.05) is 27.7 Å². The minimum Gasteiger partial charge on any atom is -0.383 e. The molecule has 2 rings (SSSR count). The van der Waals surface area contributed by atoms with Gasteiger partial charge in [-0.05, 0) is 19.3 Å². The highest BCUT2D eigenvalue weighted by Crippen LogP contribution is 2.41. The third-order valence-corrected chi connectivity index (χ3v) is 4.04. The van der Waals surface area contributed by atoms with Crippen LogP contribution in [0.4, 0.5) is 0 Å². The van der Waals surface area contributed by atoms with Gasteiger partial charge in [-0.25, -0.2) is 0 Å². The highest BCUT2D eigenvalue weighted by atomic mass is 16.1. The fourth-order valence-corrected chi connectivity index (χ4v) is 3.22. The van der Waals surface area contributed by atoms with Gasteiger partial charge in [0, 0.05) is 37.8 Å². The molecule has 0 saturated heterocycles. The maximum Gasteiger partial charge on any atom is 0.194 e. The quantitative estimate of drug-likeness (QED) is 0.801. The van der Waals surface area contributed by atoms with Gasteiger partial charge < -0.3 is 4.90 Å². The van der Waals surface area contributed by atoms with Gasteiger partial charge in [0.05, 0.1) is 17.0 Å². The fourth-order valence-electron chi connectivity index (χ4n) is 3.22. The van der Waals surface area contributed by atoms with Crippen molar-refractivity contribution in [2.75, 3.05) is 14.1 Å². The van der Waals surface area contributed by atoms with Crippen molar-refractivity contribution in [1.82, 2.24) is 14.7 Å². The van der Waals surface area contributed by atoms with Crippen molar-refractivity contribution in [3.8, 4) is 0 Å². The topological polar surface area (TPSA) is 38.1 Å². The van der Waals surface area contributed by atoms with E-state index in [2.05, 4.69) is 34.6 Å². The van der Waals surface area contributed by atoms with Crippen molar-refractivity contribution in [2.24, 2.45) is 0 Å². The Morgan fingerprint density at radius 1 is 1.38 bits per heavy atom. The first kappa shape index (κ1) is 15.8. The van der Waals surface area contributed by atoms with Gasteiger partial charge >= 0.3 is 0 Å². The van der Waals surface area contributed by atoms with Crippen LogP contribution < -0.4 is 0 Å². The van der Waals surface area contributed by atoms with Crippen LogP contribution in [-0.2, 0) is 12.0 Å². The summed E-state index contributed by atoms with van der Waals surface area (Å²) in [6, 6.07) is 0. The Morgan fingerprint density at radius 3 is 2.48 bits per heavy atom. The van der Waals surface area contributed by atoms with E-state index in [1.807, 2.05) is 29.9 Å². The molecule has 0 bridgehead atoms. The average Bonchev–Trinajstić information content (AvgIpc) is 2.75. The summed E-state index contributed by atoms with van der Waals surface area (Å²) in [5.74, 6) is 0.445. The molecule has 116 valence electrons. The maximum absolute atomic E-state index is 12.9. The minimum absolute atomic E-state index is 0.102. The van der Waals surface area contributed by atoms with Gasteiger partial charge in [-0.3, -0.25) is 9.48 Å². The van der Waals surface area contributed by atoms with E-state index in [1.54, 1.807) is 0 Å². The monoisotopic (exact) mass is 289 g/mol. The third-order valence-electron chi connectivity index (χ3n) is 4.04. The van der Waals surface area contributed by atoms with E-state index in [-0.39, 0.29) is 11.2 Å². The van der Waals surface area contributed by atoms with Crippen LogP contribution in [0, 0.1) is 0 Å². The van der Waals surface area contributed by atoms with E-state index in [0.717, 1.165) is 35.5 Å². The number of Topliss-reactive ketones (excluding diaryl/α,β-unsaturated/α-hetero) is 1. The number of rotatable bonds is 3. The second kappa shape index (κ2) is 5.32. The summed E-state index contributed by atoms with van der Waals surface area (Å²) >= 11 is 0. The van der Waals surface area contributed by atoms with E-state index in [1.165, 1.54) is 0 Å². The van der Waals surface area contributed by atoms with Gasteiger partial charge in [0.25, 0.3) is 0 Å². The first-order valence-corrected chi connectivity index (χ1v) is 7.72. The highest BCUT2D eigenvalue weighted by molar-refractivity contribution is 6.11. The second-order valence-corrected chi connectivity index (χ2v) is 7.09. The van der Waals surface area contributed by atoms with Crippen molar-refractivity contribution in [1.29, 1.82) is 0 Å². The molecule has 0 saturated carbocycles.